The lowest BCUT2D eigenvalue weighted by molar-refractivity contribution is 0.408. The Morgan fingerprint density at radius 3 is 2.72 bits per heavy atom. The third kappa shape index (κ3) is 3.31. The van der Waals surface area contributed by atoms with Crippen molar-refractivity contribution in [2.75, 3.05) is 12.4 Å². The molecule has 3 aromatic rings. The number of rotatable bonds is 6. The number of anilines is 1. The fourth-order valence-electron chi connectivity index (χ4n) is 2.73. The first kappa shape index (κ1) is 16.9. The number of hydrogen-bond acceptors (Lipinski definition) is 5. The summed E-state index contributed by atoms with van der Waals surface area (Å²) in [6.07, 6.45) is 5.40. The van der Waals surface area contributed by atoms with Crippen LogP contribution in [0, 0.1) is 5.82 Å². The van der Waals surface area contributed by atoms with E-state index in [0.717, 1.165) is 11.4 Å². The van der Waals surface area contributed by atoms with Crippen molar-refractivity contribution >= 4 is 5.82 Å². The zero-order valence-electron chi connectivity index (χ0n) is 14.4. The lowest BCUT2D eigenvalue weighted by Crippen LogP contribution is -2.19. The van der Waals surface area contributed by atoms with Gasteiger partial charge in [0.15, 0.2) is 11.6 Å². The van der Waals surface area contributed by atoms with Gasteiger partial charge in [-0.15, -0.1) is 0 Å². The van der Waals surface area contributed by atoms with E-state index in [0.29, 0.717) is 17.9 Å². The zero-order chi connectivity index (χ0) is 17.8. The molecule has 130 valence electrons. The molecule has 0 saturated carbocycles. The van der Waals surface area contributed by atoms with Crippen LogP contribution in [0.2, 0.25) is 0 Å². The van der Waals surface area contributed by atoms with Crippen LogP contribution < -0.4 is 10.1 Å². The molecule has 0 bridgehead atoms. The maximum absolute atomic E-state index is 14.6. The largest absolute Gasteiger partial charge is 0.496 e. The van der Waals surface area contributed by atoms with Gasteiger partial charge in [-0.2, -0.15) is 0 Å². The van der Waals surface area contributed by atoms with E-state index in [1.54, 1.807) is 13.3 Å². The molecule has 7 heteroatoms. The molecule has 0 spiro atoms. The highest BCUT2D eigenvalue weighted by Gasteiger charge is 2.24. The Bertz CT molecular complexity index is 864. The molecule has 1 N–H and O–H groups in total. The standard InChI is InChI=1S/C18H20FN5O/c1-4-13-15(19)17(22-11-21-13)23-16(18-20-9-10-24(18)2)12-7-5-6-8-14(12)25-3/h5-11,16H,4H2,1-3H3,(H,21,22,23). The highest BCUT2D eigenvalue weighted by atomic mass is 19.1. The SMILES string of the molecule is CCc1ncnc(NC(c2ccccc2OC)c2nccn2C)c1F. The summed E-state index contributed by atoms with van der Waals surface area (Å²) in [6.45, 7) is 1.85. The number of para-hydroxylation sites is 1. The predicted molar refractivity (Wildman–Crippen MR) is 93.0 cm³/mol. The number of nitrogens with zero attached hydrogens (tertiary/aromatic N) is 4. The monoisotopic (exact) mass is 341 g/mol. The van der Waals surface area contributed by atoms with Crippen LogP contribution in [0.5, 0.6) is 5.75 Å². The van der Waals surface area contributed by atoms with Gasteiger partial charge in [0.2, 0.25) is 0 Å². The second-order valence-corrected chi connectivity index (χ2v) is 5.55. The summed E-state index contributed by atoms with van der Waals surface area (Å²) < 4.78 is 22.0. The number of benzene rings is 1. The molecule has 0 aliphatic carbocycles. The Hall–Kier alpha value is -2.96. The van der Waals surface area contributed by atoms with Gasteiger partial charge >= 0.3 is 0 Å². The molecule has 0 saturated heterocycles. The number of aromatic nitrogens is 4. The first-order chi connectivity index (χ1) is 12.2. The molecular weight excluding hydrogens is 321 g/mol. The summed E-state index contributed by atoms with van der Waals surface area (Å²) >= 11 is 0. The van der Waals surface area contributed by atoms with Gasteiger partial charge in [-0.25, -0.2) is 19.3 Å². The number of imidazole rings is 1. The summed E-state index contributed by atoms with van der Waals surface area (Å²) in [7, 11) is 3.50. The fraction of sp³-hybridized carbons (Fsp3) is 0.278. The van der Waals surface area contributed by atoms with Crippen molar-refractivity contribution in [3.05, 3.63) is 65.9 Å². The normalized spacial score (nSPS) is 12.0. The van der Waals surface area contributed by atoms with Crippen molar-refractivity contribution in [1.29, 1.82) is 0 Å². The van der Waals surface area contributed by atoms with Crippen molar-refractivity contribution in [2.45, 2.75) is 19.4 Å². The van der Waals surface area contributed by atoms with Crippen LogP contribution in [0.3, 0.4) is 0 Å². The van der Waals surface area contributed by atoms with E-state index in [2.05, 4.69) is 20.3 Å². The first-order valence-corrected chi connectivity index (χ1v) is 8.01. The number of nitrogens with one attached hydrogen (secondary N) is 1. The van der Waals surface area contributed by atoms with Crippen LogP contribution in [-0.4, -0.2) is 26.6 Å². The van der Waals surface area contributed by atoms with E-state index in [1.165, 1.54) is 6.33 Å². The van der Waals surface area contributed by atoms with Crippen molar-refractivity contribution in [3.8, 4) is 5.75 Å². The van der Waals surface area contributed by atoms with Gasteiger partial charge < -0.3 is 14.6 Å². The lowest BCUT2D eigenvalue weighted by Gasteiger charge is -2.22. The smallest absolute Gasteiger partial charge is 0.186 e. The average molecular weight is 341 g/mol. The van der Waals surface area contributed by atoms with Gasteiger partial charge in [0.1, 0.15) is 23.9 Å². The predicted octanol–water partition coefficient (Wildman–Crippen LogP) is 3.12. The maximum Gasteiger partial charge on any atom is 0.186 e. The van der Waals surface area contributed by atoms with Crippen LogP contribution in [0.4, 0.5) is 10.2 Å². The number of methoxy groups -OCH3 is 1. The Labute approximate surface area is 145 Å². The van der Waals surface area contributed by atoms with E-state index >= 15 is 0 Å². The lowest BCUT2D eigenvalue weighted by atomic mass is 10.0. The van der Waals surface area contributed by atoms with Gasteiger partial charge in [-0.3, -0.25) is 0 Å². The van der Waals surface area contributed by atoms with Crippen molar-refractivity contribution < 1.29 is 9.13 Å². The second-order valence-electron chi connectivity index (χ2n) is 5.55. The molecule has 0 aliphatic rings. The van der Waals surface area contributed by atoms with E-state index in [4.69, 9.17) is 4.74 Å². The molecule has 0 fully saturated rings. The van der Waals surface area contributed by atoms with Crippen LogP contribution in [0.15, 0.2) is 43.0 Å². The molecule has 1 atom stereocenters. The molecule has 0 amide bonds. The number of halogens is 1. The van der Waals surface area contributed by atoms with E-state index in [9.17, 15) is 4.39 Å². The van der Waals surface area contributed by atoms with E-state index < -0.39 is 11.9 Å². The summed E-state index contributed by atoms with van der Waals surface area (Å²) in [5, 5.41) is 3.17. The van der Waals surface area contributed by atoms with Crippen LogP contribution in [0.1, 0.15) is 30.0 Å². The van der Waals surface area contributed by atoms with Crippen molar-refractivity contribution in [3.63, 3.8) is 0 Å². The van der Waals surface area contributed by atoms with Gasteiger partial charge in [-0.1, -0.05) is 25.1 Å². The van der Waals surface area contributed by atoms with Gasteiger partial charge in [0.05, 0.1) is 12.8 Å². The van der Waals surface area contributed by atoms with Crippen molar-refractivity contribution in [2.24, 2.45) is 7.05 Å². The zero-order valence-corrected chi connectivity index (χ0v) is 14.4. The number of hydrogen-bond donors (Lipinski definition) is 1. The highest BCUT2D eigenvalue weighted by Crippen LogP contribution is 2.32. The summed E-state index contributed by atoms with van der Waals surface area (Å²) in [5.74, 6) is 1.11. The van der Waals surface area contributed by atoms with Crippen LogP contribution in [0.25, 0.3) is 0 Å². The van der Waals surface area contributed by atoms with Gasteiger partial charge in [-0.05, 0) is 12.5 Å². The third-order valence-electron chi connectivity index (χ3n) is 4.04. The van der Waals surface area contributed by atoms with Gasteiger partial charge in [0.25, 0.3) is 0 Å². The number of ether oxygens (including phenoxy) is 1. The molecule has 6 nitrogen and oxygen atoms in total. The molecule has 0 radical (unpaired) electrons. The Morgan fingerprint density at radius 2 is 2.04 bits per heavy atom. The van der Waals surface area contributed by atoms with Crippen LogP contribution >= 0.6 is 0 Å². The Balaban J connectivity index is 2.09. The quantitative estimate of drug-likeness (QED) is 0.746. The summed E-state index contributed by atoms with van der Waals surface area (Å²) in [4.78, 5) is 12.5. The minimum atomic E-state index is -0.445. The van der Waals surface area contributed by atoms with Crippen molar-refractivity contribution in [1.82, 2.24) is 19.5 Å². The molecule has 2 heterocycles. The molecule has 1 unspecified atom stereocenters. The van der Waals surface area contributed by atoms with Gasteiger partial charge in [0, 0.05) is 25.0 Å². The highest BCUT2D eigenvalue weighted by molar-refractivity contribution is 5.47. The van der Waals surface area contributed by atoms with Crippen LogP contribution in [-0.2, 0) is 13.5 Å². The molecule has 0 aliphatic heterocycles. The average Bonchev–Trinajstić information content (AvgIpc) is 3.06. The Kier molecular flexibility index (Phi) is 4.92. The maximum atomic E-state index is 14.6. The second kappa shape index (κ2) is 7.29. The Morgan fingerprint density at radius 1 is 1.24 bits per heavy atom. The molecule has 1 aromatic carbocycles. The summed E-state index contributed by atoms with van der Waals surface area (Å²) in [6, 6.07) is 7.15. The third-order valence-corrected chi connectivity index (χ3v) is 4.04. The molecule has 25 heavy (non-hydrogen) atoms. The van der Waals surface area contributed by atoms with E-state index in [1.807, 2.05) is 49.0 Å². The summed E-state index contributed by atoms with van der Waals surface area (Å²) in [5.41, 5.74) is 1.21. The molecule has 3 rings (SSSR count). The number of aryl methyl sites for hydroxylation is 2. The van der Waals surface area contributed by atoms with E-state index in [-0.39, 0.29) is 5.82 Å². The molecule has 2 aromatic heterocycles. The molecular formula is C18H20FN5O. The minimum absolute atomic E-state index is 0.144. The fourth-order valence-corrected chi connectivity index (χ4v) is 2.73. The first-order valence-electron chi connectivity index (χ1n) is 8.01. The topological polar surface area (TPSA) is 64.9 Å². The minimum Gasteiger partial charge on any atom is -0.496 e.